The molecule has 0 atom stereocenters. The third-order valence-corrected chi connectivity index (χ3v) is 3.30. The molecule has 1 heterocycles. The summed E-state index contributed by atoms with van der Waals surface area (Å²) in [6.07, 6.45) is 0. The van der Waals surface area contributed by atoms with Gasteiger partial charge in [0.05, 0.1) is 12.2 Å². The number of benzene rings is 1. The molecule has 0 aliphatic heterocycles. The first-order chi connectivity index (χ1) is 9.33. The Morgan fingerprint density at radius 1 is 1.30 bits per heavy atom. The van der Waals surface area contributed by atoms with E-state index in [9.17, 15) is 0 Å². The Kier molecular flexibility index (Phi) is 4.67. The molecule has 0 bridgehead atoms. The second-order valence-electron chi connectivity index (χ2n) is 5.35. The summed E-state index contributed by atoms with van der Waals surface area (Å²) in [4.78, 5) is 0. The first-order valence-corrected chi connectivity index (χ1v) is 7.30. The molecule has 0 unspecified atom stereocenters. The van der Waals surface area contributed by atoms with Crippen LogP contribution < -0.4 is 10.6 Å². The lowest BCUT2D eigenvalue weighted by Crippen LogP contribution is -2.35. The predicted octanol–water partition coefficient (Wildman–Crippen LogP) is 4.12. The monoisotopic (exact) mass is 358 g/mol. The Morgan fingerprint density at radius 2 is 2.05 bits per heavy atom. The number of halogens is 2. The molecule has 2 rings (SSSR count). The van der Waals surface area contributed by atoms with E-state index in [0.29, 0.717) is 23.5 Å². The maximum Gasteiger partial charge on any atom is 0.320 e. The summed E-state index contributed by atoms with van der Waals surface area (Å²) >= 11 is 9.31. The van der Waals surface area contributed by atoms with E-state index < -0.39 is 0 Å². The van der Waals surface area contributed by atoms with Crippen LogP contribution in [0.2, 0.25) is 5.02 Å². The molecule has 20 heavy (non-hydrogen) atoms. The van der Waals surface area contributed by atoms with Crippen LogP contribution in [0.3, 0.4) is 0 Å². The maximum absolute atomic E-state index is 5.89. The lowest BCUT2D eigenvalue weighted by atomic mass is 10.1. The fourth-order valence-electron chi connectivity index (χ4n) is 1.42. The Hall–Kier alpha value is -1.11. The summed E-state index contributed by atoms with van der Waals surface area (Å²) in [6, 6.07) is 5.76. The van der Waals surface area contributed by atoms with Gasteiger partial charge in [0.25, 0.3) is 0 Å². The quantitative estimate of drug-likeness (QED) is 0.860. The Bertz CT molecular complexity index is 594. The lowest BCUT2D eigenvalue weighted by molar-refractivity contribution is 0.384. The van der Waals surface area contributed by atoms with Gasteiger partial charge in [-0.05, 0) is 54.9 Å². The van der Waals surface area contributed by atoms with Crippen molar-refractivity contribution < 1.29 is 4.42 Å². The minimum Gasteiger partial charge on any atom is -0.406 e. The highest BCUT2D eigenvalue weighted by atomic mass is 79.9. The SMILES string of the molecule is CC(C)(C)NCc1nnc(Nc2ccc(Cl)cc2Br)o1. The van der Waals surface area contributed by atoms with Gasteiger partial charge < -0.3 is 15.1 Å². The van der Waals surface area contributed by atoms with Crippen molar-refractivity contribution in [1.82, 2.24) is 15.5 Å². The highest BCUT2D eigenvalue weighted by molar-refractivity contribution is 9.10. The van der Waals surface area contributed by atoms with E-state index in [-0.39, 0.29) is 5.54 Å². The van der Waals surface area contributed by atoms with Gasteiger partial charge in [0.1, 0.15) is 0 Å². The van der Waals surface area contributed by atoms with Gasteiger partial charge in [0.15, 0.2) is 0 Å². The minimum absolute atomic E-state index is 0.00126. The number of nitrogens with zero attached hydrogens (tertiary/aromatic N) is 2. The van der Waals surface area contributed by atoms with Gasteiger partial charge in [-0.15, -0.1) is 5.10 Å². The van der Waals surface area contributed by atoms with Crippen molar-refractivity contribution in [1.29, 1.82) is 0 Å². The molecule has 0 aliphatic carbocycles. The molecule has 0 amide bonds. The Balaban J connectivity index is 2.02. The zero-order valence-electron chi connectivity index (χ0n) is 11.5. The van der Waals surface area contributed by atoms with Crippen molar-refractivity contribution in [2.75, 3.05) is 5.32 Å². The normalized spacial score (nSPS) is 11.7. The van der Waals surface area contributed by atoms with Crippen molar-refractivity contribution in [2.24, 2.45) is 0 Å². The van der Waals surface area contributed by atoms with E-state index in [0.717, 1.165) is 10.2 Å². The third-order valence-electron chi connectivity index (χ3n) is 2.41. The second-order valence-corrected chi connectivity index (χ2v) is 6.64. The third kappa shape index (κ3) is 4.47. The Morgan fingerprint density at radius 3 is 2.70 bits per heavy atom. The summed E-state index contributed by atoms with van der Waals surface area (Å²) in [5.41, 5.74) is 0.815. The van der Waals surface area contributed by atoms with Gasteiger partial charge >= 0.3 is 6.01 Å². The van der Waals surface area contributed by atoms with Crippen molar-refractivity contribution in [3.63, 3.8) is 0 Å². The molecule has 5 nitrogen and oxygen atoms in total. The van der Waals surface area contributed by atoms with Gasteiger partial charge in [0.2, 0.25) is 5.89 Å². The van der Waals surface area contributed by atoms with Gasteiger partial charge in [-0.25, -0.2) is 0 Å². The zero-order chi connectivity index (χ0) is 14.8. The molecular weight excluding hydrogens is 344 g/mol. The molecule has 0 aliphatic rings. The van der Waals surface area contributed by atoms with E-state index in [2.05, 4.69) is 57.5 Å². The number of hydrogen-bond acceptors (Lipinski definition) is 5. The number of aromatic nitrogens is 2. The van der Waals surface area contributed by atoms with E-state index >= 15 is 0 Å². The molecular formula is C13H16BrClN4O. The van der Waals surface area contributed by atoms with Crippen molar-refractivity contribution in [3.05, 3.63) is 33.6 Å². The molecule has 0 radical (unpaired) electrons. The van der Waals surface area contributed by atoms with Crippen LogP contribution in [0.15, 0.2) is 27.1 Å². The molecule has 7 heteroatoms. The number of anilines is 2. The van der Waals surface area contributed by atoms with Crippen molar-refractivity contribution in [3.8, 4) is 0 Å². The van der Waals surface area contributed by atoms with E-state index in [4.69, 9.17) is 16.0 Å². The minimum atomic E-state index is 0.00126. The molecule has 1 aromatic carbocycles. The van der Waals surface area contributed by atoms with Crippen molar-refractivity contribution >= 4 is 39.2 Å². The second kappa shape index (κ2) is 6.11. The topological polar surface area (TPSA) is 63.0 Å². The molecule has 1 aromatic heterocycles. The summed E-state index contributed by atoms with van der Waals surface area (Å²) in [5.74, 6) is 0.535. The van der Waals surface area contributed by atoms with Crippen LogP contribution in [-0.2, 0) is 6.54 Å². The smallest absolute Gasteiger partial charge is 0.320 e. The summed E-state index contributed by atoms with van der Waals surface area (Å²) < 4.78 is 6.35. The van der Waals surface area contributed by atoms with Gasteiger partial charge in [-0.3, -0.25) is 0 Å². The van der Waals surface area contributed by atoms with Crippen LogP contribution in [0.5, 0.6) is 0 Å². The highest BCUT2D eigenvalue weighted by Crippen LogP contribution is 2.28. The lowest BCUT2D eigenvalue weighted by Gasteiger charge is -2.18. The average molecular weight is 360 g/mol. The number of hydrogen-bond donors (Lipinski definition) is 2. The molecule has 0 fully saturated rings. The standard InChI is InChI=1S/C13H16BrClN4O/c1-13(2,3)16-7-11-18-19-12(20-11)17-10-5-4-8(15)6-9(10)14/h4-6,16H,7H2,1-3H3,(H,17,19). The predicted molar refractivity (Wildman–Crippen MR) is 83.3 cm³/mol. The highest BCUT2D eigenvalue weighted by Gasteiger charge is 2.12. The average Bonchev–Trinajstić information content (AvgIpc) is 2.77. The van der Waals surface area contributed by atoms with Gasteiger partial charge in [-0.2, -0.15) is 0 Å². The van der Waals surface area contributed by atoms with Crippen LogP contribution in [0.4, 0.5) is 11.7 Å². The summed E-state index contributed by atoms with van der Waals surface area (Å²) in [6.45, 7) is 6.76. The Labute approximate surface area is 131 Å². The van der Waals surface area contributed by atoms with E-state index in [1.807, 2.05) is 6.07 Å². The first kappa shape index (κ1) is 15.3. The van der Waals surface area contributed by atoms with Crippen LogP contribution in [-0.4, -0.2) is 15.7 Å². The van der Waals surface area contributed by atoms with E-state index in [1.165, 1.54) is 0 Å². The molecule has 108 valence electrons. The van der Waals surface area contributed by atoms with Crippen LogP contribution >= 0.6 is 27.5 Å². The molecule has 0 spiro atoms. The molecule has 0 saturated carbocycles. The molecule has 2 aromatic rings. The summed E-state index contributed by atoms with van der Waals surface area (Å²) in [7, 11) is 0. The van der Waals surface area contributed by atoms with Crippen LogP contribution in [0, 0.1) is 0 Å². The van der Waals surface area contributed by atoms with Gasteiger partial charge in [-0.1, -0.05) is 16.7 Å². The largest absolute Gasteiger partial charge is 0.406 e. The summed E-state index contributed by atoms with van der Waals surface area (Å²) in [5, 5.41) is 14.9. The number of rotatable bonds is 4. The van der Waals surface area contributed by atoms with Crippen LogP contribution in [0.25, 0.3) is 0 Å². The van der Waals surface area contributed by atoms with Gasteiger partial charge in [0, 0.05) is 15.0 Å². The molecule has 2 N–H and O–H groups in total. The zero-order valence-corrected chi connectivity index (χ0v) is 13.8. The fourth-order valence-corrected chi connectivity index (χ4v) is 2.20. The van der Waals surface area contributed by atoms with Crippen molar-refractivity contribution in [2.45, 2.75) is 32.9 Å². The number of nitrogens with one attached hydrogen (secondary N) is 2. The maximum atomic E-state index is 5.89. The van der Waals surface area contributed by atoms with Crippen LogP contribution in [0.1, 0.15) is 26.7 Å². The first-order valence-electron chi connectivity index (χ1n) is 6.13. The molecule has 0 saturated heterocycles. The fraction of sp³-hybridized carbons (Fsp3) is 0.385. The van der Waals surface area contributed by atoms with E-state index in [1.54, 1.807) is 12.1 Å².